The number of rotatable bonds is 3. The molecule has 0 heterocycles. The Kier molecular flexibility index (Phi) is 5.09. The van der Waals surface area contributed by atoms with Crippen LogP contribution in [0.5, 0.6) is 0 Å². The molecule has 11 heavy (non-hydrogen) atoms. The molecule has 0 spiro atoms. The summed E-state index contributed by atoms with van der Waals surface area (Å²) < 4.78 is 0. The molecule has 0 bridgehead atoms. The fourth-order valence-electron chi connectivity index (χ4n) is 1.85. The number of hydrogen-bond acceptors (Lipinski definition) is 0. The van der Waals surface area contributed by atoms with Crippen molar-refractivity contribution in [2.75, 3.05) is 5.33 Å². The summed E-state index contributed by atoms with van der Waals surface area (Å²) in [6.45, 7) is 0. The molecule has 1 aliphatic rings. The van der Waals surface area contributed by atoms with Gasteiger partial charge in [0.1, 0.15) is 0 Å². The average molecular weight is 284 g/mol. The number of alkyl halides is 2. The number of halogens is 2. The van der Waals surface area contributed by atoms with Crippen LogP contribution in [0, 0.1) is 5.92 Å². The first-order valence-corrected chi connectivity index (χ1v) is 6.56. The summed E-state index contributed by atoms with van der Waals surface area (Å²) >= 11 is 7.16. The lowest BCUT2D eigenvalue weighted by Gasteiger charge is -2.22. The van der Waals surface area contributed by atoms with Gasteiger partial charge in [-0.2, -0.15) is 0 Å². The SMILES string of the molecule is BrCC(Br)CC1CCCCC1. The molecule has 1 saturated carbocycles. The first kappa shape index (κ1) is 10.0. The lowest BCUT2D eigenvalue weighted by molar-refractivity contribution is 0.341. The summed E-state index contributed by atoms with van der Waals surface area (Å²) in [5, 5.41) is 1.10. The third-order valence-electron chi connectivity index (χ3n) is 2.48. The molecular formula is C9H16Br2. The summed E-state index contributed by atoms with van der Waals surface area (Å²) in [5.74, 6) is 1.01. The van der Waals surface area contributed by atoms with Crippen molar-refractivity contribution in [1.29, 1.82) is 0 Å². The second kappa shape index (κ2) is 5.58. The Balaban J connectivity index is 2.13. The van der Waals surface area contributed by atoms with E-state index in [4.69, 9.17) is 0 Å². The molecule has 2 heteroatoms. The molecule has 0 aromatic heterocycles. The maximum absolute atomic E-state index is 3.67. The topological polar surface area (TPSA) is 0 Å². The van der Waals surface area contributed by atoms with Gasteiger partial charge in [0.05, 0.1) is 0 Å². The lowest BCUT2D eigenvalue weighted by atomic mass is 9.86. The van der Waals surface area contributed by atoms with Gasteiger partial charge in [0.2, 0.25) is 0 Å². The second-order valence-electron chi connectivity index (χ2n) is 3.49. The quantitative estimate of drug-likeness (QED) is 0.684. The van der Waals surface area contributed by atoms with Crippen LogP contribution in [0.4, 0.5) is 0 Å². The molecule has 0 aromatic rings. The van der Waals surface area contributed by atoms with Gasteiger partial charge in [-0.15, -0.1) is 0 Å². The molecule has 1 fully saturated rings. The van der Waals surface area contributed by atoms with Crippen LogP contribution in [0.25, 0.3) is 0 Å². The standard InChI is InChI=1S/C9H16Br2/c10-7-9(11)6-8-4-2-1-3-5-8/h8-9H,1-7H2. The molecule has 0 nitrogen and oxygen atoms in total. The summed E-state index contributed by atoms with van der Waals surface area (Å²) in [5.41, 5.74) is 0. The molecule has 0 amide bonds. The van der Waals surface area contributed by atoms with Gasteiger partial charge < -0.3 is 0 Å². The van der Waals surface area contributed by atoms with Gasteiger partial charge in [0.25, 0.3) is 0 Å². The van der Waals surface area contributed by atoms with E-state index < -0.39 is 0 Å². The first-order valence-electron chi connectivity index (χ1n) is 4.53. The van der Waals surface area contributed by atoms with E-state index in [2.05, 4.69) is 31.9 Å². The highest BCUT2D eigenvalue weighted by molar-refractivity contribution is 9.12. The van der Waals surface area contributed by atoms with Crippen LogP contribution in [-0.4, -0.2) is 10.2 Å². The van der Waals surface area contributed by atoms with Gasteiger partial charge in [0, 0.05) is 10.2 Å². The van der Waals surface area contributed by atoms with Crippen molar-refractivity contribution in [2.45, 2.75) is 43.4 Å². The molecule has 0 aliphatic heterocycles. The van der Waals surface area contributed by atoms with Crippen LogP contribution in [0.15, 0.2) is 0 Å². The fourth-order valence-corrected chi connectivity index (χ4v) is 2.64. The average Bonchev–Trinajstić information content (AvgIpc) is 2.06. The van der Waals surface area contributed by atoms with Crippen molar-refractivity contribution in [1.82, 2.24) is 0 Å². The molecule has 0 radical (unpaired) electrons. The predicted octanol–water partition coefficient (Wildman–Crippen LogP) is 4.12. The van der Waals surface area contributed by atoms with Crippen molar-refractivity contribution < 1.29 is 0 Å². The maximum Gasteiger partial charge on any atom is 0.0245 e. The summed E-state index contributed by atoms with van der Waals surface area (Å²) in [4.78, 5) is 0.700. The normalized spacial score (nSPS) is 23.5. The van der Waals surface area contributed by atoms with Crippen molar-refractivity contribution in [3.05, 3.63) is 0 Å². The maximum atomic E-state index is 3.67. The van der Waals surface area contributed by atoms with E-state index >= 15 is 0 Å². The molecule has 1 atom stereocenters. The Hall–Kier alpha value is 0.960. The molecule has 1 unspecified atom stereocenters. The van der Waals surface area contributed by atoms with Gasteiger partial charge in [-0.3, -0.25) is 0 Å². The summed E-state index contributed by atoms with van der Waals surface area (Å²) in [6, 6.07) is 0. The zero-order valence-electron chi connectivity index (χ0n) is 6.86. The van der Waals surface area contributed by atoms with Crippen LogP contribution >= 0.6 is 31.9 Å². The van der Waals surface area contributed by atoms with E-state index in [9.17, 15) is 0 Å². The van der Waals surface area contributed by atoms with E-state index in [0.29, 0.717) is 4.83 Å². The first-order chi connectivity index (χ1) is 5.33. The molecule has 1 rings (SSSR count). The van der Waals surface area contributed by atoms with Crippen molar-refractivity contribution in [2.24, 2.45) is 5.92 Å². The van der Waals surface area contributed by atoms with Crippen molar-refractivity contribution >= 4 is 31.9 Å². The fraction of sp³-hybridized carbons (Fsp3) is 1.00. The van der Waals surface area contributed by atoms with E-state index in [1.165, 1.54) is 38.5 Å². The van der Waals surface area contributed by atoms with E-state index in [-0.39, 0.29) is 0 Å². The van der Waals surface area contributed by atoms with E-state index in [1.54, 1.807) is 0 Å². The van der Waals surface area contributed by atoms with Gasteiger partial charge in [-0.25, -0.2) is 0 Å². The van der Waals surface area contributed by atoms with Crippen LogP contribution in [0.2, 0.25) is 0 Å². The predicted molar refractivity (Wildman–Crippen MR) is 57.7 cm³/mol. The Bertz CT molecular complexity index is 97.7. The van der Waals surface area contributed by atoms with Gasteiger partial charge >= 0.3 is 0 Å². The summed E-state index contributed by atoms with van der Waals surface area (Å²) in [7, 11) is 0. The van der Waals surface area contributed by atoms with E-state index in [0.717, 1.165) is 11.2 Å². The van der Waals surface area contributed by atoms with Crippen molar-refractivity contribution in [3.8, 4) is 0 Å². The minimum absolute atomic E-state index is 0.700. The molecule has 0 aromatic carbocycles. The highest BCUT2D eigenvalue weighted by atomic mass is 79.9. The van der Waals surface area contributed by atoms with Gasteiger partial charge in [-0.05, 0) is 12.3 Å². The van der Waals surface area contributed by atoms with Crippen LogP contribution < -0.4 is 0 Å². The lowest BCUT2D eigenvalue weighted by Crippen LogP contribution is -2.12. The highest BCUT2D eigenvalue weighted by Crippen LogP contribution is 2.29. The van der Waals surface area contributed by atoms with Gasteiger partial charge in [-0.1, -0.05) is 64.0 Å². The zero-order valence-corrected chi connectivity index (χ0v) is 10.0. The molecule has 66 valence electrons. The van der Waals surface area contributed by atoms with Crippen LogP contribution in [-0.2, 0) is 0 Å². The highest BCUT2D eigenvalue weighted by Gasteiger charge is 2.16. The third-order valence-corrected chi connectivity index (χ3v) is 4.83. The largest absolute Gasteiger partial charge is 0.0916 e. The smallest absolute Gasteiger partial charge is 0.0245 e. The third kappa shape index (κ3) is 3.93. The Morgan fingerprint density at radius 3 is 2.36 bits per heavy atom. The second-order valence-corrected chi connectivity index (χ2v) is 5.43. The Morgan fingerprint density at radius 1 is 1.18 bits per heavy atom. The molecular weight excluding hydrogens is 268 g/mol. The molecule has 1 aliphatic carbocycles. The van der Waals surface area contributed by atoms with Crippen LogP contribution in [0.3, 0.4) is 0 Å². The van der Waals surface area contributed by atoms with Gasteiger partial charge in [0.15, 0.2) is 0 Å². The van der Waals surface area contributed by atoms with E-state index in [1.807, 2.05) is 0 Å². The summed E-state index contributed by atoms with van der Waals surface area (Å²) in [6.07, 6.45) is 8.70. The zero-order chi connectivity index (χ0) is 8.10. The minimum Gasteiger partial charge on any atom is -0.0916 e. The number of hydrogen-bond donors (Lipinski definition) is 0. The Morgan fingerprint density at radius 2 is 1.82 bits per heavy atom. The molecule has 0 saturated heterocycles. The minimum atomic E-state index is 0.700. The van der Waals surface area contributed by atoms with Crippen molar-refractivity contribution in [3.63, 3.8) is 0 Å². The Labute approximate surface area is 86.4 Å². The molecule has 0 N–H and O–H groups in total. The van der Waals surface area contributed by atoms with Crippen LogP contribution in [0.1, 0.15) is 38.5 Å². The monoisotopic (exact) mass is 282 g/mol.